The Hall–Kier alpha value is -1.07. The molecule has 1 aliphatic carbocycles. The quantitative estimate of drug-likeness (QED) is 0.754. The zero-order valence-corrected chi connectivity index (χ0v) is 13.0. The van der Waals surface area contributed by atoms with Gasteiger partial charge in [0, 0.05) is 25.2 Å². The van der Waals surface area contributed by atoms with Crippen LogP contribution in [0.15, 0.2) is 11.8 Å². The van der Waals surface area contributed by atoms with E-state index in [1.807, 2.05) is 13.0 Å². The van der Waals surface area contributed by atoms with Gasteiger partial charge < -0.3 is 19.9 Å². The SMILES string of the molecule is CCO[C@H]1OC(C(=O)NC2CCC2)=C[C@@H](C)[C@H]1CCCO. The van der Waals surface area contributed by atoms with Crippen LogP contribution in [0.1, 0.15) is 46.0 Å². The second-order valence-corrected chi connectivity index (χ2v) is 5.96. The summed E-state index contributed by atoms with van der Waals surface area (Å²) >= 11 is 0. The van der Waals surface area contributed by atoms with Gasteiger partial charge >= 0.3 is 0 Å². The zero-order chi connectivity index (χ0) is 15.2. The van der Waals surface area contributed by atoms with Crippen molar-refractivity contribution in [3.63, 3.8) is 0 Å². The highest BCUT2D eigenvalue weighted by Gasteiger charge is 2.35. The normalized spacial score (nSPS) is 29.3. The van der Waals surface area contributed by atoms with Gasteiger partial charge in [0.1, 0.15) is 0 Å². The van der Waals surface area contributed by atoms with Crippen molar-refractivity contribution in [3.05, 3.63) is 11.8 Å². The maximum atomic E-state index is 12.2. The molecule has 0 spiro atoms. The molecule has 21 heavy (non-hydrogen) atoms. The van der Waals surface area contributed by atoms with Gasteiger partial charge in [-0.15, -0.1) is 0 Å². The lowest BCUT2D eigenvalue weighted by Gasteiger charge is -2.36. The number of ether oxygens (including phenoxy) is 2. The fraction of sp³-hybridized carbons (Fsp3) is 0.812. The molecule has 3 atom stereocenters. The van der Waals surface area contributed by atoms with Crippen LogP contribution in [-0.4, -0.2) is 36.6 Å². The summed E-state index contributed by atoms with van der Waals surface area (Å²) in [4.78, 5) is 12.2. The predicted octanol–water partition coefficient (Wildman–Crippen LogP) is 1.96. The smallest absolute Gasteiger partial charge is 0.286 e. The summed E-state index contributed by atoms with van der Waals surface area (Å²) < 4.78 is 11.4. The number of carbonyl (C=O) groups is 1. The largest absolute Gasteiger partial charge is 0.459 e. The van der Waals surface area contributed by atoms with Gasteiger partial charge in [0.2, 0.25) is 6.29 Å². The number of amides is 1. The molecule has 120 valence electrons. The van der Waals surface area contributed by atoms with Gasteiger partial charge in [-0.2, -0.15) is 0 Å². The summed E-state index contributed by atoms with van der Waals surface area (Å²) in [7, 11) is 0. The minimum atomic E-state index is -0.399. The van der Waals surface area contributed by atoms with E-state index in [4.69, 9.17) is 14.6 Å². The van der Waals surface area contributed by atoms with E-state index in [9.17, 15) is 4.79 Å². The van der Waals surface area contributed by atoms with Gasteiger partial charge in [0.05, 0.1) is 0 Å². The Labute approximate surface area is 126 Å². The first-order chi connectivity index (χ1) is 10.2. The van der Waals surface area contributed by atoms with E-state index in [0.29, 0.717) is 18.4 Å². The molecule has 2 N–H and O–H groups in total. The molecule has 1 fully saturated rings. The lowest BCUT2D eigenvalue weighted by molar-refractivity contribution is -0.171. The van der Waals surface area contributed by atoms with E-state index in [0.717, 1.165) is 25.7 Å². The number of nitrogens with one attached hydrogen (secondary N) is 1. The molecule has 1 heterocycles. The molecular weight excluding hydrogens is 270 g/mol. The van der Waals surface area contributed by atoms with Crippen LogP contribution in [0.25, 0.3) is 0 Å². The number of carbonyl (C=O) groups excluding carboxylic acids is 1. The lowest BCUT2D eigenvalue weighted by Crippen LogP contribution is -2.43. The molecule has 5 nitrogen and oxygen atoms in total. The van der Waals surface area contributed by atoms with Crippen LogP contribution in [0.4, 0.5) is 0 Å². The predicted molar refractivity (Wildman–Crippen MR) is 79.3 cm³/mol. The maximum absolute atomic E-state index is 12.2. The summed E-state index contributed by atoms with van der Waals surface area (Å²) in [5.41, 5.74) is 0. The van der Waals surface area contributed by atoms with Crippen LogP contribution in [0.2, 0.25) is 0 Å². The molecule has 0 aromatic carbocycles. The molecular formula is C16H27NO4. The van der Waals surface area contributed by atoms with Gasteiger partial charge in [-0.3, -0.25) is 4.79 Å². The first-order valence-corrected chi connectivity index (χ1v) is 8.07. The number of hydrogen-bond donors (Lipinski definition) is 2. The van der Waals surface area contributed by atoms with Crippen molar-refractivity contribution in [2.45, 2.75) is 58.3 Å². The highest BCUT2D eigenvalue weighted by molar-refractivity contribution is 5.91. The standard InChI is InChI=1S/C16H27NO4/c1-3-20-16-13(8-5-9-18)11(2)10-14(21-16)15(19)17-12-6-4-7-12/h10-13,16,18H,3-9H2,1-2H3,(H,17,19)/t11-,13-,16+/m1/s1. The Morgan fingerprint density at radius 3 is 2.86 bits per heavy atom. The van der Waals surface area contributed by atoms with Gasteiger partial charge in [-0.25, -0.2) is 0 Å². The van der Waals surface area contributed by atoms with Crippen molar-refractivity contribution in [2.75, 3.05) is 13.2 Å². The molecule has 2 rings (SSSR count). The van der Waals surface area contributed by atoms with Crippen molar-refractivity contribution in [1.29, 1.82) is 0 Å². The monoisotopic (exact) mass is 297 g/mol. The Kier molecular flexibility index (Phi) is 6.06. The zero-order valence-electron chi connectivity index (χ0n) is 13.0. The van der Waals surface area contributed by atoms with E-state index in [1.165, 1.54) is 6.42 Å². The highest BCUT2D eigenvalue weighted by atomic mass is 16.7. The minimum Gasteiger partial charge on any atom is -0.459 e. The number of hydrogen-bond acceptors (Lipinski definition) is 4. The molecule has 0 radical (unpaired) electrons. The Balaban J connectivity index is 2.00. The molecule has 1 amide bonds. The van der Waals surface area contributed by atoms with Gasteiger partial charge in [-0.1, -0.05) is 6.92 Å². The molecule has 2 aliphatic rings. The molecule has 0 aromatic rings. The summed E-state index contributed by atoms with van der Waals surface area (Å²) in [5.74, 6) is 0.631. The summed E-state index contributed by atoms with van der Waals surface area (Å²) in [6.45, 7) is 4.71. The third-order valence-corrected chi connectivity index (χ3v) is 4.37. The van der Waals surface area contributed by atoms with Crippen LogP contribution < -0.4 is 5.32 Å². The van der Waals surface area contributed by atoms with Crippen molar-refractivity contribution in [2.24, 2.45) is 11.8 Å². The summed E-state index contributed by atoms with van der Waals surface area (Å²) in [5, 5.41) is 12.0. The molecule has 0 unspecified atom stereocenters. The van der Waals surface area contributed by atoms with Crippen molar-refractivity contribution in [3.8, 4) is 0 Å². The maximum Gasteiger partial charge on any atom is 0.286 e. The molecule has 5 heteroatoms. The van der Waals surface area contributed by atoms with Crippen LogP contribution in [0, 0.1) is 11.8 Å². The van der Waals surface area contributed by atoms with Gasteiger partial charge in [0.25, 0.3) is 5.91 Å². The number of allylic oxidation sites excluding steroid dienone is 1. The Morgan fingerprint density at radius 2 is 2.29 bits per heavy atom. The van der Waals surface area contributed by atoms with Crippen molar-refractivity contribution in [1.82, 2.24) is 5.32 Å². The first-order valence-electron chi connectivity index (χ1n) is 8.07. The molecule has 1 aliphatic heterocycles. The summed E-state index contributed by atoms with van der Waals surface area (Å²) in [6.07, 6.45) is 6.35. The average molecular weight is 297 g/mol. The second kappa shape index (κ2) is 7.80. The van der Waals surface area contributed by atoms with Gasteiger partial charge in [-0.05, 0) is 51.0 Å². The molecule has 0 saturated heterocycles. The van der Waals surface area contributed by atoms with Gasteiger partial charge in [0.15, 0.2) is 5.76 Å². The fourth-order valence-electron chi connectivity index (χ4n) is 2.85. The summed E-state index contributed by atoms with van der Waals surface area (Å²) in [6, 6.07) is 0.301. The average Bonchev–Trinajstić information content (AvgIpc) is 2.42. The second-order valence-electron chi connectivity index (χ2n) is 5.96. The van der Waals surface area contributed by atoms with E-state index in [2.05, 4.69) is 12.2 Å². The molecule has 1 saturated carbocycles. The Morgan fingerprint density at radius 1 is 1.52 bits per heavy atom. The Bertz CT molecular complexity index is 378. The number of rotatable bonds is 7. The third-order valence-electron chi connectivity index (χ3n) is 4.37. The number of aliphatic hydroxyl groups excluding tert-OH is 1. The third kappa shape index (κ3) is 4.20. The molecule has 0 bridgehead atoms. The van der Waals surface area contributed by atoms with E-state index < -0.39 is 6.29 Å². The van der Waals surface area contributed by atoms with Crippen molar-refractivity contribution < 1.29 is 19.4 Å². The molecule has 0 aromatic heterocycles. The minimum absolute atomic E-state index is 0.128. The van der Waals surface area contributed by atoms with Crippen LogP contribution in [-0.2, 0) is 14.3 Å². The van der Waals surface area contributed by atoms with Crippen LogP contribution >= 0.6 is 0 Å². The fourth-order valence-corrected chi connectivity index (χ4v) is 2.85. The van der Waals surface area contributed by atoms with E-state index in [-0.39, 0.29) is 24.3 Å². The lowest BCUT2D eigenvalue weighted by atomic mass is 9.86. The van der Waals surface area contributed by atoms with Crippen LogP contribution in [0.5, 0.6) is 0 Å². The van der Waals surface area contributed by atoms with Crippen LogP contribution in [0.3, 0.4) is 0 Å². The van der Waals surface area contributed by atoms with Crippen molar-refractivity contribution >= 4 is 5.91 Å². The highest BCUT2D eigenvalue weighted by Crippen LogP contribution is 2.32. The topological polar surface area (TPSA) is 67.8 Å². The number of aliphatic hydroxyl groups is 1. The van der Waals surface area contributed by atoms with E-state index >= 15 is 0 Å². The first kappa shape index (κ1) is 16.3. The van der Waals surface area contributed by atoms with E-state index in [1.54, 1.807) is 0 Å².